The molecule has 0 aromatic heterocycles. The fourth-order valence-corrected chi connectivity index (χ4v) is 1.65. The van der Waals surface area contributed by atoms with Crippen molar-refractivity contribution in [1.29, 1.82) is 0 Å². The van der Waals surface area contributed by atoms with Crippen molar-refractivity contribution in [2.75, 3.05) is 13.1 Å². The summed E-state index contributed by atoms with van der Waals surface area (Å²) in [5.74, 6) is 0. The zero-order chi connectivity index (χ0) is 11.4. The smallest absolute Gasteiger partial charge is 0.00482 e. The van der Waals surface area contributed by atoms with E-state index in [2.05, 4.69) is 19.2 Å². The first-order chi connectivity index (χ1) is 7.31. The summed E-state index contributed by atoms with van der Waals surface area (Å²) < 4.78 is 0. The summed E-state index contributed by atoms with van der Waals surface area (Å²) >= 11 is 0. The SMILES string of the molecule is CCCCCCCCNCCC(N)CC. The second kappa shape index (κ2) is 12.0. The molecule has 0 rings (SSSR count). The highest BCUT2D eigenvalue weighted by atomic mass is 14.8. The Kier molecular flexibility index (Phi) is 11.9. The van der Waals surface area contributed by atoms with Crippen molar-refractivity contribution in [3.63, 3.8) is 0 Å². The van der Waals surface area contributed by atoms with Gasteiger partial charge in [0, 0.05) is 6.04 Å². The third kappa shape index (κ3) is 11.8. The Balaban J connectivity index is 2.92. The van der Waals surface area contributed by atoms with Crippen molar-refractivity contribution in [3.8, 4) is 0 Å². The quantitative estimate of drug-likeness (QED) is 0.519. The van der Waals surface area contributed by atoms with Crippen LogP contribution in [0.1, 0.15) is 65.2 Å². The Morgan fingerprint density at radius 2 is 1.60 bits per heavy atom. The van der Waals surface area contributed by atoms with Crippen LogP contribution >= 0.6 is 0 Å². The summed E-state index contributed by atoms with van der Waals surface area (Å²) in [6, 6.07) is 0.391. The maximum Gasteiger partial charge on any atom is 0.00482 e. The van der Waals surface area contributed by atoms with Gasteiger partial charge in [-0.15, -0.1) is 0 Å². The Hall–Kier alpha value is -0.0800. The van der Waals surface area contributed by atoms with Crippen LogP contribution in [0.25, 0.3) is 0 Å². The van der Waals surface area contributed by atoms with E-state index in [9.17, 15) is 0 Å². The minimum Gasteiger partial charge on any atom is -0.328 e. The Morgan fingerprint density at radius 1 is 0.933 bits per heavy atom. The van der Waals surface area contributed by atoms with E-state index < -0.39 is 0 Å². The standard InChI is InChI=1S/C13H30N2/c1-3-5-6-7-8-9-11-15-12-10-13(14)4-2/h13,15H,3-12,14H2,1-2H3. The summed E-state index contributed by atoms with van der Waals surface area (Å²) in [5, 5.41) is 3.46. The highest BCUT2D eigenvalue weighted by molar-refractivity contribution is 4.60. The van der Waals surface area contributed by atoms with Crippen LogP contribution in [0, 0.1) is 0 Å². The lowest BCUT2D eigenvalue weighted by Crippen LogP contribution is -2.26. The fraction of sp³-hybridized carbons (Fsp3) is 1.00. The monoisotopic (exact) mass is 214 g/mol. The van der Waals surface area contributed by atoms with E-state index >= 15 is 0 Å². The molecule has 0 bridgehead atoms. The largest absolute Gasteiger partial charge is 0.328 e. The van der Waals surface area contributed by atoms with Gasteiger partial charge in [0.15, 0.2) is 0 Å². The van der Waals surface area contributed by atoms with Gasteiger partial charge in [-0.2, -0.15) is 0 Å². The van der Waals surface area contributed by atoms with E-state index in [1.165, 1.54) is 45.1 Å². The van der Waals surface area contributed by atoms with Crippen LogP contribution in [0.2, 0.25) is 0 Å². The van der Waals surface area contributed by atoms with Gasteiger partial charge in [0.05, 0.1) is 0 Å². The van der Waals surface area contributed by atoms with Crippen molar-refractivity contribution < 1.29 is 0 Å². The molecule has 0 amide bonds. The molecule has 92 valence electrons. The molecule has 0 saturated heterocycles. The van der Waals surface area contributed by atoms with Gasteiger partial charge in [-0.1, -0.05) is 46.0 Å². The highest BCUT2D eigenvalue weighted by Crippen LogP contribution is 2.04. The van der Waals surface area contributed by atoms with Crippen molar-refractivity contribution in [1.82, 2.24) is 5.32 Å². The number of hydrogen-bond acceptors (Lipinski definition) is 2. The van der Waals surface area contributed by atoms with Crippen LogP contribution in [0.15, 0.2) is 0 Å². The van der Waals surface area contributed by atoms with E-state index in [-0.39, 0.29) is 0 Å². The first kappa shape index (κ1) is 14.9. The zero-order valence-electron chi connectivity index (χ0n) is 10.7. The van der Waals surface area contributed by atoms with Crippen LogP contribution in [-0.4, -0.2) is 19.1 Å². The Morgan fingerprint density at radius 3 is 2.27 bits per heavy atom. The lowest BCUT2D eigenvalue weighted by atomic mass is 10.1. The normalized spacial score (nSPS) is 13.0. The minimum absolute atomic E-state index is 0.391. The molecule has 0 aliphatic rings. The average molecular weight is 214 g/mol. The van der Waals surface area contributed by atoms with Crippen LogP contribution in [0.3, 0.4) is 0 Å². The minimum atomic E-state index is 0.391. The number of unbranched alkanes of at least 4 members (excludes halogenated alkanes) is 5. The zero-order valence-corrected chi connectivity index (χ0v) is 10.7. The topological polar surface area (TPSA) is 38.0 Å². The predicted octanol–water partition coefficient (Wildman–Crippen LogP) is 3.06. The number of hydrogen-bond donors (Lipinski definition) is 2. The molecule has 2 heteroatoms. The summed E-state index contributed by atoms with van der Waals surface area (Å²) in [5.41, 5.74) is 5.83. The predicted molar refractivity (Wildman–Crippen MR) is 69.1 cm³/mol. The van der Waals surface area contributed by atoms with E-state index in [1.807, 2.05) is 0 Å². The molecule has 0 aliphatic heterocycles. The highest BCUT2D eigenvalue weighted by Gasteiger charge is 1.97. The van der Waals surface area contributed by atoms with Gasteiger partial charge in [-0.25, -0.2) is 0 Å². The van der Waals surface area contributed by atoms with Crippen LogP contribution in [-0.2, 0) is 0 Å². The van der Waals surface area contributed by atoms with Crippen molar-refractivity contribution in [3.05, 3.63) is 0 Å². The lowest BCUT2D eigenvalue weighted by molar-refractivity contribution is 0.527. The second-order valence-electron chi connectivity index (χ2n) is 4.47. The third-order valence-corrected chi connectivity index (χ3v) is 2.92. The van der Waals surface area contributed by atoms with Crippen LogP contribution in [0.4, 0.5) is 0 Å². The molecule has 2 nitrogen and oxygen atoms in total. The van der Waals surface area contributed by atoms with Gasteiger partial charge in [0.25, 0.3) is 0 Å². The molecule has 1 atom stereocenters. The summed E-state index contributed by atoms with van der Waals surface area (Å²) in [6.45, 7) is 6.67. The maximum absolute atomic E-state index is 5.83. The molecule has 0 spiro atoms. The summed E-state index contributed by atoms with van der Waals surface area (Å²) in [4.78, 5) is 0. The molecule has 0 aliphatic carbocycles. The second-order valence-corrected chi connectivity index (χ2v) is 4.47. The van der Waals surface area contributed by atoms with Crippen LogP contribution in [0.5, 0.6) is 0 Å². The molecular formula is C13H30N2. The summed E-state index contributed by atoms with van der Waals surface area (Å²) in [6.07, 6.45) is 10.5. The van der Waals surface area contributed by atoms with Gasteiger partial charge in [-0.05, 0) is 32.4 Å². The average Bonchev–Trinajstić information content (AvgIpc) is 2.26. The van der Waals surface area contributed by atoms with E-state index in [0.29, 0.717) is 6.04 Å². The van der Waals surface area contributed by atoms with Gasteiger partial charge >= 0.3 is 0 Å². The van der Waals surface area contributed by atoms with Gasteiger partial charge in [0.1, 0.15) is 0 Å². The molecular weight excluding hydrogens is 184 g/mol. The number of rotatable bonds is 11. The molecule has 0 radical (unpaired) electrons. The van der Waals surface area contributed by atoms with E-state index in [0.717, 1.165) is 19.4 Å². The third-order valence-electron chi connectivity index (χ3n) is 2.92. The first-order valence-electron chi connectivity index (χ1n) is 6.77. The summed E-state index contributed by atoms with van der Waals surface area (Å²) in [7, 11) is 0. The Bertz CT molecular complexity index is 115. The van der Waals surface area contributed by atoms with Gasteiger partial charge in [0.2, 0.25) is 0 Å². The van der Waals surface area contributed by atoms with Crippen molar-refractivity contribution >= 4 is 0 Å². The molecule has 0 saturated carbocycles. The van der Waals surface area contributed by atoms with Crippen LogP contribution < -0.4 is 11.1 Å². The lowest BCUT2D eigenvalue weighted by Gasteiger charge is -2.09. The molecule has 0 heterocycles. The van der Waals surface area contributed by atoms with Crippen molar-refractivity contribution in [2.24, 2.45) is 5.73 Å². The molecule has 3 N–H and O–H groups in total. The number of nitrogens with two attached hydrogens (primary N) is 1. The molecule has 0 fully saturated rings. The fourth-order valence-electron chi connectivity index (χ4n) is 1.65. The molecule has 1 unspecified atom stereocenters. The molecule has 15 heavy (non-hydrogen) atoms. The Labute approximate surface area is 96.0 Å². The number of nitrogens with one attached hydrogen (secondary N) is 1. The van der Waals surface area contributed by atoms with E-state index in [4.69, 9.17) is 5.73 Å². The van der Waals surface area contributed by atoms with Gasteiger partial charge < -0.3 is 11.1 Å². The van der Waals surface area contributed by atoms with E-state index in [1.54, 1.807) is 0 Å². The molecule has 0 aromatic rings. The first-order valence-corrected chi connectivity index (χ1v) is 6.77. The van der Waals surface area contributed by atoms with Gasteiger partial charge in [-0.3, -0.25) is 0 Å². The maximum atomic E-state index is 5.83. The van der Waals surface area contributed by atoms with Crippen molar-refractivity contribution in [2.45, 2.75) is 71.3 Å². The molecule has 0 aromatic carbocycles.